The molecule has 3 aliphatic rings. The number of allylic oxidation sites excluding steroid dienone is 3. The molecule has 3 aromatic heterocycles. The average Bonchev–Trinajstić information content (AvgIpc) is 3.99. The van der Waals surface area contributed by atoms with Gasteiger partial charge in [0.1, 0.15) is 12.5 Å². The molecule has 0 saturated carbocycles. The summed E-state index contributed by atoms with van der Waals surface area (Å²) in [6.45, 7) is 24.4. The molecule has 1 saturated heterocycles. The second kappa shape index (κ2) is 23.3. The average molecular weight is 898 g/mol. The molecule has 0 aromatic carbocycles. The quantitative estimate of drug-likeness (QED) is 0.0675. The molecule has 6 rings (SSSR count). The second-order valence-electron chi connectivity index (χ2n) is 19.8. The van der Waals surface area contributed by atoms with Crippen LogP contribution in [0.5, 0.6) is 0 Å². The van der Waals surface area contributed by atoms with E-state index in [1.54, 1.807) is 0 Å². The molecule has 6 atom stereocenters. The molecule has 2 aliphatic heterocycles. The van der Waals surface area contributed by atoms with Crippen LogP contribution in [0.1, 0.15) is 188 Å². The monoisotopic (exact) mass is 897 g/mol. The first kappa shape index (κ1) is 52.2. The van der Waals surface area contributed by atoms with Gasteiger partial charge in [0.25, 0.3) is 0 Å². The van der Waals surface area contributed by atoms with Crippen molar-refractivity contribution >= 4 is 58.8 Å². The Bertz CT molecular complexity index is 2370. The van der Waals surface area contributed by atoms with Gasteiger partial charge < -0.3 is 34.8 Å². The standard InChI is InChI=1S/C55H76N4O5.Mg/c1-13-39-35(8)42-28-44-37(10)41(24-25-48(60)64-27-26-34(7)23-17-22-33(6)21-16-20-32(5)19-15-18-31(3)4)52(58-44)50-51(55(62)63-12)54(61)49-38(11)45(59-53(49)50)30-47-40(14-2)36(9)43(57-47)29-46(39)56-42;/h26,28-33,37,41,51,54,61H,13-25,27H2,1-12H3;/q-4;+2/b34-26+,43-29-,44-28-,47-30-,52-50-;/t32-,33-,37+,41+,51-,54-;/m1./s1. The minimum Gasteiger partial charge on any atom is -0.664 e. The predicted molar refractivity (Wildman–Crippen MR) is 264 cm³/mol. The van der Waals surface area contributed by atoms with Crippen LogP contribution in [0.25, 0.3) is 29.1 Å². The van der Waals surface area contributed by atoms with Gasteiger partial charge in [0.2, 0.25) is 0 Å². The van der Waals surface area contributed by atoms with Crippen molar-refractivity contribution in [3.05, 3.63) is 95.2 Å². The number of hydrogen-bond donors (Lipinski definition) is 1. The molecule has 1 fully saturated rings. The van der Waals surface area contributed by atoms with Crippen molar-refractivity contribution in [2.24, 2.45) is 35.5 Å². The normalized spacial score (nSPS) is 22.9. The minimum absolute atomic E-state index is 0. The Morgan fingerprint density at radius 1 is 0.785 bits per heavy atom. The maximum absolute atomic E-state index is 13.7. The van der Waals surface area contributed by atoms with Crippen LogP contribution in [0.15, 0.2) is 23.0 Å². The van der Waals surface area contributed by atoms with Crippen molar-refractivity contribution < 1.29 is 24.2 Å². The summed E-state index contributed by atoms with van der Waals surface area (Å²) in [5.74, 6) is 0.125. The van der Waals surface area contributed by atoms with Crippen LogP contribution >= 0.6 is 0 Å². The molecule has 1 N–H and O–H groups in total. The molecule has 0 amide bonds. The number of aliphatic hydroxyl groups is 1. The van der Waals surface area contributed by atoms with Crippen LogP contribution in [0, 0.1) is 56.3 Å². The maximum atomic E-state index is 13.7. The summed E-state index contributed by atoms with van der Waals surface area (Å²) < 4.78 is 11.1. The fourth-order valence-corrected chi connectivity index (χ4v) is 10.5. The number of aromatic nitrogens is 3. The second-order valence-corrected chi connectivity index (χ2v) is 19.8. The molecule has 65 heavy (non-hydrogen) atoms. The van der Waals surface area contributed by atoms with Crippen LogP contribution in [-0.4, -0.2) is 53.8 Å². The molecule has 8 bridgehead atoms. The minimum atomic E-state index is -1.17. The number of carbonyl (C=O) groups is 2. The van der Waals surface area contributed by atoms with Crippen LogP contribution < -0.4 is 25.7 Å². The predicted octanol–water partition coefficient (Wildman–Crippen LogP) is 10.1. The summed E-state index contributed by atoms with van der Waals surface area (Å²) in [6.07, 6.45) is 20.6. The molecule has 0 radical (unpaired) electrons. The molecular weight excluding hydrogens is 821 g/mol. The third-order valence-electron chi connectivity index (χ3n) is 14.6. The van der Waals surface area contributed by atoms with E-state index >= 15 is 0 Å². The van der Waals surface area contributed by atoms with Gasteiger partial charge in [0.15, 0.2) is 0 Å². The van der Waals surface area contributed by atoms with Gasteiger partial charge in [0.05, 0.1) is 13.2 Å². The summed E-state index contributed by atoms with van der Waals surface area (Å²) in [5.41, 5.74) is 12.2. The Kier molecular flexibility index (Phi) is 18.7. The third-order valence-corrected chi connectivity index (χ3v) is 14.6. The zero-order valence-electron chi connectivity index (χ0n) is 41.8. The van der Waals surface area contributed by atoms with Crippen molar-refractivity contribution in [3.63, 3.8) is 0 Å². The number of ether oxygens (including phenoxy) is 2. The summed E-state index contributed by atoms with van der Waals surface area (Å²) in [7, 11) is 1.35. The molecule has 10 heteroatoms. The van der Waals surface area contributed by atoms with Crippen molar-refractivity contribution in [3.8, 4) is 0 Å². The first-order chi connectivity index (χ1) is 30.6. The van der Waals surface area contributed by atoms with E-state index in [9.17, 15) is 14.7 Å². The van der Waals surface area contributed by atoms with Crippen LogP contribution in [-0.2, 0) is 31.9 Å². The van der Waals surface area contributed by atoms with E-state index in [1.807, 2.05) is 19.1 Å². The van der Waals surface area contributed by atoms with Crippen molar-refractivity contribution in [2.45, 2.75) is 166 Å². The number of carbonyl (C=O) groups excluding carboxylic acids is 2. The summed E-state index contributed by atoms with van der Waals surface area (Å²) >= 11 is 0. The molecule has 9 nitrogen and oxygen atoms in total. The van der Waals surface area contributed by atoms with Gasteiger partial charge in [0, 0.05) is 6.42 Å². The largest absolute Gasteiger partial charge is 2.00 e. The van der Waals surface area contributed by atoms with E-state index < -0.39 is 18.0 Å². The Hall–Kier alpha value is -3.73. The molecule has 0 spiro atoms. The Labute approximate surface area is 406 Å². The molecule has 1 aliphatic carbocycles. The van der Waals surface area contributed by atoms with Gasteiger partial charge in [-0.15, -0.1) is 33.5 Å². The van der Waals surface area contributed by atoms with Gasteiger partial charge in [-0.05, 0) is 101 Å². The molecule has 5 heterocycles. The number of rotatable bonds is 20. The van der Waals surface area contributed by atoms with E-state index in [0.717, 1.165) is 93.5 Å². The zero-order chi connectivity index (χ0) is 46.4. The fourth-order valence-electron chi connectivity index (χ4n) is 10.5. The van der Waals surface area contributed by atoms with Gasteiger partial charge in [-0.3, -0.25) is 9.59 Å². The molecule has 350 valence electrons. The number of fused-ring (bicyclic) bond motifs is 7. The zero-order valence-corrected chi connectivity index (χ0v) is 43.2. The number of esters is 2. The van der Waals surface area contributed by atoms with E-state index in [4.69, 9.17) is 29.7 Å². The van der Waals surface area contributed by atoms with E-state index in [2.05, 4.69) is 81.4 Å². The Morgan fingerprint density at radius 2 is 1.42 bits per heavy atom. The van der Waals surface area contributed by atoms with Crippen LogP contribution in [0.4, 0.5) is 0 Å². The van der Waals surface area contributed by atoms with Gasteiger partial charge in [-0.2, -0.15) is 11.4 Å². The first-order valence-corrected chi connectivity index (χ1v) is 24.5. The molecule has 3 aromatic rings. The topological polar surface area (TPSA) is 129 Å². The number of methoxy groups -OCH3 is 1. The number of hydrogen-bond acceptors (Lipinski definition) is 5. The van der Waals surface area contributed by atoms with Gasteiger partial charge >= 0.3 is 35.0 Å². The number of nitrogens with zero attached hydrogens (tertiary/aromatic N) is 4. The third kappa shape index (κ3) is 11.9. The van der Waals surface area contributed by atoms with Crippen molar-refractivity contribution in [2.75, 3.05) is 13.7 Å². The van der Waals surface area contributed by atoms with E-state index in [-0.39, 0.29) is 53.9 Å². The molecule has 0 unspecified atom stereocenters. The molecular formula is C55H76MgN4O5-2. The maximum Gasteiger partial charge on any atom is 2.00 e. The number of aliphatic hydroxyl groups excluding tert-OH is 1. The van der Waals surface area contributed by atoms with Crippen LogP contribution in [0.3, 0.4) is 0 Å². The van der Waals surface area contributed by atoms with E-state index in [1.165, 1.54) is 63.2 Å². The van der Waals surface area contributed by atoms with Gasteiger partial charge in [-0.1, -0.05) is 151 Å². The SMILES string of the molecule is CCc1c2[n-]c(c1C)/C=C1\[N-]/C(=C3\c4[n-]c(c(C)c4[C@@H](O)[C@@H]3C(=O)OC)/C=c3\[n-]/c(c(C)c3CC)=C\2)[C@@H](CCC(=O)OC/C=C(\C)CCC[C@H](C)CCC[C@H](C)CCCC(C)C)[C@@H]1C.[Mg+2]. The Balaban J connectivity index is 0.00000793. The van der Waals surface area contributed by atoms with E-state index in [0.29, 0.717) is 34.6 Å². The van der Waals surface area contributed by atoms with Crippen molar-refractivity contribution in [1.82, 2.24) is 15.0 Å². The first-order valence-electron chi connectivity index (χ1n) is 24.5. The Morgan fingerprint density at radius 3 is 2.06 bits per heavy atom. The summed E-state index contributed by atoms with van der Waals surface area (Å²) in [5, 5.41) is 19.0. The van der Waals surface area contributed by atoms with Crippen molar-refractivity contribution in [1.29, 1.82) is 0 Å². The summed E-state index contributed by atoms with van der Waals surface area (Å²) in [6, 6.07) is 0. The summed E-state index contributed by atoms with van der Waals surface area (Å²) in [4.78, 5) is 42.6. The fraction of sp³-hybridized carbons (Fsp3) is 0.600. The smallest absolute Gasteiger partial charge is 0.664 e. The van der Waals surface area contributed by atoms with Crippen LogP contribution in [0.2, 0.25) is 0 Å². The van der Waals surface area contributed by atoms with Gasteiger partial charge in [-0.25, -0.2) is 0 Å².